The van der Waals surface area contributed by atoms with Crippen molar-refractivity contribution in [3.05, 3.63) is 15.8 Å². The first-order chi connectivity index (χ1) is 9.52. The number of nitrogens with zero attached hydrogens (tertiary/aromatic N) is 1. The largest absolute Gasteiger partial charge is 0.244 e. The van der Waals surface area contributed by atoms with Gasteiger partial charge in [0.2, 0.25) is 10.0 Å². The van der Waals surface area contributed by atoms with Gasteiger partial charge in [-0.3, -0.25) is 0 Å². The minimum atomic E-state index is -3.42. The number of hydrogen-bond donors (Lipinski definition) is 0. The van der Waals surface area contributed by atoms with E-state index in [9.17, 15) is 8.42 Å². The molecule has 1 fully saturated rings. The number of thiophene rings is 1. The molecule has 0 aliphatic heterocycles. The minimum Gasteiger partial charge on any atom is -0.207 e. The van der Waals surface area contributed by atoms with Crippen LogP contribution in [-0.4, -0.2) is 25.3 Å². The second kappa shape index (κ2) is 6.77. The van der Waals surface area contributed by atoms with Crippen LogP contribution in [0.1, 0.15) is 49.5 Å². The van der Waals surface area contributed by atoms with Crippen LogP contribution < -0.4 is 0 Å². The Bertz CT molecular complexity index is 548. The van der Waals surface area contributed by atoms with Crippen LogP contribution in [0, 0.1) is 6.92 Å². The van der Waals surface area contributed by atoms with Crippen LogP contribution in [0.4, 0.5) is 0 Å². The predicted molar refractivity (Wildman–Crippen MR) is 85.1 cm³/mol. The number of sulfonamides is 1. The molecule has 0 aromatic carbocycles. The third kappa shape index (κ3) is 3.06. The van der Waals surface area contributed by atoms with E-state index >= 15 is 0 Å². The van der Waals surface area contributed by atoms with Gasteiger partial charge in [-0.05, 0) is 30.7 Å². The lowest BCUT2D eigenvalue weighted by Gasteiger charge is -2.32. The zero-order chi connectivity index (χ0) is 14.8. The van der Waals surface area contributed by atoms with Crippen LogP contribution in [0.25, 0.3) is 0 Å². The van der Waals surface area contributed by atoms with Crippen molar-refractivity contribution in [3.8, 4) is 0 Å². The molecular weight excluding hydrogens is 314 g/mol. The van der Waals surface area contributed by atoms with Crippen molar-refractivity contribution in [3.63, 3.8) is 0 Å². The lowest BCUT2D eigenvalue weighted by molar-refractivity contribution is 0.261. The maximum atomic E-state index is 13.0. The lowest BCUT2D eigenvalue weighted by Crippen LogP contribution is -2.41. The standard InChI is InChI=1S/C14H22ClNO2S2/c1-3-16(12-7-5-4-6-8-12)20(17,18)14-11(2)10-19-13(14)9-15/h10,12H,3-9H2,1-2H3. The molecule has 0 amide bonds. The maximum Gasteiger partial charge on any atom is 0.244 e. The molecule has 0 N–H and O–H groups in total. The molecule has 0 radical (unpaired) electrons. The molecule has 1 heterocycles. The van der Waals surface area contributed by atoms with Crippen molar-refractivity contribution in [2.24, 2.45) is 0 Å². The maximum absolute atomic E-state index is 13.0. The molecule has 0 atom stereocenters. The summed E-state index contributed by atoms with van der Waals surface area (Å²) in [6.45, 7) is 4.31. The molecule has 114 valence electrons. The van der Waals surface area contributed by atoms with E-state index in [4.69, 9.17) is 11.6 Å². The highest BCUT2D eigenvalue weighted by Crippen LogP contribution is 2.34. The zero-order valence-electron chi connectivity index (χ0n) is 12.1. The summed E-state index contributed by atoms with van der Waals surface area (Å²) >= 11 is 7.35. The average molecular weight is 336 g/mol. The third-order valence-corrected chi connectivity index (χ3v) is 7.89. The fourth-order valence-electron chi connectivity index (χ4n) is 3.04. The van der Waals surface area contributed by atoms with Crippen LogP contribution in [0.15, 0.2) is 10.3 Å². The van der Waals surface area contributed by atoms with Crippen molar-refractivity contribution < 1.29 is 8.42 Å². The highest BCUT2D eigenvalue weighted by atomic mass is 35.5. The Labute approximate surface area is 131 Å². The predicted octanol–water partition coefficient (Wildman–Crippen LogP) is 4.14. The SMILES string of the molecule is CCN(C1CCCCC1)S(=O)(=O)c1c(C)csc1CCl. The molecule has 20 heavy (non-hydrogen) atoms. The second-order valence-corrected chi connectivity index (χ2v) is 8.36. The summed E-state index contributed by atoms with van der Waals surface area (Å²) in [6, 6.07) is 0.154. The van der Waals surface area contributed by atoms with Crippen LogP contribution in [0.3, 0.4) is 0 Å². The van der Waals surface area contributed by atoms with Crippen LogP contribution >= 0.6 is 22.9 Å². The Hall–Kier alpha value is -0.100. The molecule has 1 aliphatic carbocycles. The first-order valence-corrected chi connectivity index (χ1v) is 10.0. The molecular formula is C14H22ClNO2S2. The topological polar surface area (TPSA) is 37.4 Å². The van der Waals surface area contributed by atoms with E-state index < -0.39 is 10.0 Å². The average Bonchev–Trinajstić information content (AvgIpc) is 2.82. The van der Waals surface area contributed by atoms with Gasteiger partial charge in [-0.15, -0.1) is 22.9 Å². The highest BCUT2D eigenvalue weighted by Gasteiger charge is 2.34. The minimum absolute atomic E-state index is 0.154. The number of hydrogen-bond acceptors (Lipinski definition) is 3. The molecule has 0 saturated heterocycles. The van der Waals surface area contributed by atoms with Gasteiger partial charge in [-0.2, -0.15) is 4.31 Å². The molecule has 0 spiro atoms. The van der Waals surface area contributed by atoms with Crippen molar-refractivity contribution in [2.75, 3.05) is 6.54 Å². The third-order valence-electron chi connectivity index (χ3n) is 3.97. The lowest BCUT2D eigenvalue weighted by atomic mass is 9.95. The summed E-state index contributed by atoms with van der Waals surface area (Å²) in [5, 5.41) is 1.89. The summed E-state index contributed by atoms with van der Waals surface area (Å²) in [4.78, 5) is 1.21. The van der Waals surface area contributed by atoms with E-state index in [-0.39, 0.29) is 11.9 Å². The molecule has 6 heteroatoms. The quantitative estimate of drug-likeness (QED) is 0.758. The number of alkyl halides is 1. The summed E-state index contributed by atoms with van der Waals surface area (Å²) in [5.74, 6) is 0.259. The fourth-order valence-corrected chi connectivity index (χ4v) is 6.74. The Morgan fingerprint density at radius 3 is 2.55 bits per heavy atom. The first-order valence-electron chi connectivity index (χ1n) is 7.17. The van der Waals surface area contributed by atoms with Gasteiger partial charge in [0, 0.05) is 17.5 Å². The van der Waals surface area contributed by atoms with E-state index in [0.29, 0.717) is 11.4 Å². The number of rotatable bonds is 5. The van der Waals surface area contributed by atoms with E-state index in [0.717, 1.165) is 36.1 Å². The van der Waals surface area contributed by atoms with Gasteiger partial charge in [0.1, 0.15) is 4.90 Å². The van der Waals surface area contributed by atoms with Crippen LogP contribution in [0.5, 0.6) is 0 Å². The Kier molecular flexibility index (Phi) is 5.51. The van der Waals surface area contributed by atoms with Gasteiger partial charge in [-0.1, -0.05) is 26.2 Å². The van der Waals surface area contributed by atoms with Crippen molar-refractivity contribution >= 4 is 33.0 Å². The molecule has 1 aliphatic rings. The summed E-state index contributed by atoms with van der Waals surface area (Å²) in [7, 11) is -3.42. The molecule has 1 aromatic rings. The fraction of sp³-hybridized carbons (Fsp3) is 0.714. The summed E-state index contributed by atoms with van der Waals surface area (Å²) in [6.07, 6.45) is 5.43. The van der Waals surface area contributed by atoms with Gasteiger partial charge in [-0.25, -0.2) is 8.42 Å². The van der Waals surface area contributed by atoms with Crippen LogP contribution in [-0.2, 0) is 15.9 Å². The normalized spacial score (nSPS) is 17.8. The van der Waals surface area contributed by atoms with Crippen molar-refractivity contribution in [1.82, 2.24) is 4.31 Å². The smallest absolute Gasteiger partial charge is 0.207 e. The monoisotopic (exact) mass is 335 g/mol. The molecule has 0 bridgehead atoms. The van der Waals surface area contributed by atoms with E-state index in [2.05, 4.69) is 0 Å². The van der Waals surface area contributed by atoms with E-state index in [1.54, 1.807) is 4.31 Å². The molecule has 1 saturated carbocycles. The first kappa shape index (κ1) is 16.3. The van der Waals surface area contributed by atoms with Gasteiger partial charge >= 0.3 is 0 Å². The van der Waals surface area contributed by atoms with Crippen molar-refractivity contribution in [2.45, 2.75) is 62.8 Å². The van der Waals surface area contributed by atoms with Gasteiger partial charge in [0.15, 0.2) is 0 Å². The van der Waals surface area contributed by atoms with Gasteiger partial charge in [0.05, 0.1) is 5.88 Å². The molecule has 0 unspecified atom stereocenters. The summed E-state index contributed by atoms with van der Waals surface area (Å²) < 4.78 is 27.7. The Morgan fingerprint density at radius 2 is 2.00 bits per heavy atom. The van der Waals surface area contributed by atoms with Gasteiger partial charge in [0.25, 0.3) is 0 Å². The van der Waals surface area contributed by atoms with Crippen molar-refractivity contribution in [1.29, 1.82) is 0 Å². The Morgan fingerprint density at radius 1 is 1.35 bits per heavy atom. The summed E-state index contributed by atoms with van der Waals surface area (Å²) in [5.41, 5.74) is 0.819. The van der Waals surface area contributed by atoms with E-state index in [1.165, 1.54) is 17.8 Å². The molecule has 1 aromatic heterocycles. The number of halogens is 1. The Balaban J connectivity index is 2.38. The highest BCUT2D eigenvalue weighted by molar-refractivity contribution is 7.89. The second-order valence-electron chi connectivity index (χ2n) is 5.30. The van der Waals surface area contributed by atoms with Gasteiger partial charge < -0.3 is 0 Å². The molecule has 2 rings (SSSR count). The molecule has 3 nitrogen and oxygen atoms in total. The zero-order valence-corrected chi connectivity index (χ0v) is 14.5. The number of aryl methyl sites for hydroxylation is 1. The van der Waals surface area contributed by atoms with Crippen LogP contribution in [0.2, 0.25) is 0 Å². The van der Waals surface area contributed by atoms with E-state index in [1.807, 2.05) is 19.2 Å².